The maximum Gasteiger partial charge on any atom is 0.243 e. The monoisotopic (exact) mass is 383 g/mol. The van der Waals surface area contributed by atoms with Crippen LogP contribution in [0.15, 0.2) is 48.5 Å². The number of anilines is 1. The quantitative estimate of drug-likeness (QED) is 0.735. The smallest absolute Gasteiger partial charge is 0.243 e. The van der Waals surface area contributed by atoms with Gasteiger partial charge in [-0.25, -0.2) is 0 Å². The average Bonchev–Trinajstić information content (AvgIpc) is 2.68. The van der Waals surface area contributed by atoms with Gasteiger partial charge >= 0.3 is 0 Å². The first-order chi connectivity index (χ1) is 13.3. The number of aryl methyl sites for hydroxylation is 1. The Balaban J connectivity index is 1.93. The summed E-state index contributed by atoms with van der Waals surface area (Å²) in [6.45, 7) is 4.24. The second-order valence-corrected chi connectivity index (χ2v) is 6.97. The highest BCUT2D eigenvalue weighted by atomic mass is 16.3. The van der Waals surface area contributed by atoms with Crippen molar-refractivity contribution in [3.63, 3.8) is 0 Å². The van der Waals surface area contributed by atoms with Crippen molar-refractivity contribution in [2.24, 2.45) is 0 Å². The molecule has 0 bridgehead atoms. The molecule has 0 spiro atoms. The molecule has 1 atom stereocenters. The number of nitrogens with one attached hydrogen (secondary N) is 1. The van der Waals surface area contributed by atoms with E-state index in [-0.39, 0.29) is 24.1 Å². The summed E-state index contributed by atoms with van der Waals surface area (Å²) in [7, 11) is 3.44. The van der Waals surface area contributed by atoms with Crippen LogP contribution in [0.2, 0.25) is 0 Å². The van der Waals surface area contributed by atoms with Crippen molar-refractivity contribution in [3.8, 4) is 5.75 Å². The van der Waals surface area contributed by atoms with E-state index in [9.17, 15) is 14.7 Å². The fourth-order valence-corrected chi connectivity index (χ4v) is 2.99. The number of likely N-dealkylation sites (N-methyl/N-ethyl adjacent to an activating group) is 2. The fraction of sp³-hybridized carbons (Fsp3) is 0.364. The molecule has 0 heterocycles. The van der Waals surface area contributed by atoms with Crippen LogP contribution in [0.5, 0.6) is 5.75 Å². The Bertz CT molecular complexity index is 822. The largest absolute Gasteiger partial charge is 0.508 e. The molecule has 2 amide bonds. The van der Waals surface area contributed by atoms with E-state index in [1.165, 1.54) is 4.90 Å². The minimum absolute atomic E-state index is 0.0222. The molecule has 0 saturated heterocycles. The number of rotatable bonds is 8. The van der Waals surface area contributed by atoms with E-state index in [0.29, 0.717) is 6.54 Å². The van der Waals surface area contributed by atoms with E-state index in [4.69, 9.17) is 0 Å². The molecular formula is C22H29N3O3. The molecule has 0 radical (unpaired) electrons. The van der Waals surface area contributed by atoms with Crippen LogP contribution in [0.25, 0.3) is 0 Å². The number of hydrogen-bond acceptors (Lipinski definition) is 4. The van der Waals surface area contributed by atoms with Gasteiger partial charge in [0.1, 0.15) is 5.75 Å². The Morgan fingerprint density at radius 1 is 1.04 bits per heavy atom. The number of phenolic OH excluding ortho intramolecular Hbond substituents is 1. The SMILES string of the molecule is CCc1ccccc1NC(=O)CN(C)C(=O)C(C)N(C)Cc1ccccc1O. The van der Waals surface area contributed by atoms with Gasteiger partial charge in [0.05, 0.1) is 12.6 Å². The molecule has 6 heteroatoms. The first-order valence-electron chi connectivity index (χ1n) is 9.43. The number of para-hydroxylation sites is 2. The summed E-state index contributed by atoms with van der Waals surface area (Å²) in [4.78, 5) is 28.4. The molecule has 0 aromatic heterocycles. The summed E-state index contributed by atoms with van der Waals surface area (Å²) < 4.78 is 0. The van der Waals surface area contributed by atoms with Crippen molar-refractivity contribution < 1.29 is 14.7 Å². The lowest BCUT2D eigenvalue weighted by atomic mass is 10.1. The lowest BCUT2D eigenvalue weighted by Crippen LogP contribution is -2.46. The number of nitrogens with zero attached hydrogens (tertiary/aromatic N) is 2. The number of amides is 2. The molecule has 2 aromatic rings. The minimum Gasteiger partial charge on any atom is -0.508 e. The zero-order valence-corrected chi connectivity index (χ0v) is 17.0. The molecule has 2 N–H and O–H groups in total. The summed E-state index contributed by atoms with van der Waals surface area (Å²) >= 11 is 0. The molecule has 150 valence electrons. The van der Waals surface area contributed by atoms with Gasteiger partial charge in [-0.15, -0.1) is 0 Å². The van der Waals surface area contributed by atoms with Gasteiger partial charge < -0.3 is 15.3 Å². The minimum atomic E-state index is -0.430. The summed E-state index contributed by atoms with van der Waals surface area (Å²) in [6, 6.07) is 14.3. The molecule has 0 saturated carbocycles. The van der Waals surface area contributed by atoms with Gasteiger partial charge in [-0.05, 0) is 38.1 Å². The van der Waals surface area contributed by atoms with Crippen molar-refractivity contribution >= 4 is 17.5 Å². The van der Waals surface area contributed by atoms with Crippen LogP contribution < -0.4 is 5.32 Å². The summed E-state index contributed by atoms with van der Waals surface area (Å²) in [5.74, 6) is -0.180. The molecule has 2 rings (SSSR count). The van der Waals surface area contributed by atoms with Crippen LogP contribution in [0, 0.1) is 0 Å². The van der Waals surface area contributed by atoms with Gasteiger partial charge in [-0.1, -0.05) is 43.3 Å². The molecule has 6 nitrogen and oxygen atoms in total. The zero-order valence-electron chi connectivity index (χ0n) is 17.0. The van der Waals surface area contributed by atoms with Crippen LogP contribution >= 0.6 is 0 Å². The first-order valence-corrected chi connectivity index (χ1v) is 9.43. The molecule has 0 fully saturated rings. The second kappa shape index (κ2) is 9.90. The molecular weight excluding hydrogens is 354 g/mol. The van der Waals surface area contributed by atoms with E-state index < -0.39 is 6.04 Å². The van der Waals surface area contributed by atoms with Gasteiger partial charge in [0, 0.05) is 24.8 Å². The third-order valence-electron chi connectivity index (χ3n) is 4.86. The predicted molar refractivity (Wildman–Crippen MR) is 111 cm³/mol. The average molecular weight is 383 g/mol. The van der Waals surface area contributed by atoms with Crippen molar-refractivity contribution in [1.82, 2.24) is 9.80 Å². The molecule has 28 heavy (non-hydrogen) atoms. The first kappa shape index (κ1) is 21.4. The van der Waals surface area contributed by atoms with E-state index in [1.54, 1.807) is 26.1 Å². The van der Waals surface area contributed by atoms with Crippen molar-refractivity contribution in [3.05, 3.63) is 59.7 Å². The number of carbonyl (C=O) groups excluding carboxylic acids is 2. The molecule has 1 unspecified atom stereocenters. The number of aromatic hydroxyl groups is 1. The van der Waals surface area contributed by atoms with E-state index >= 15 is 0 Å². The van der Waals surface area contributed by atoms with Crippen LogP contribution in [-0.2, 0) is 22.6 Å². The van der Waals surface area contributed by atoms with E-state index in [1.807, 2.05) is 55.3 Å². The van der Waals surface area contributed by atoms with Gasteiger partial charge in [0.15, 0.2) is 0 Å². The Morgan fingerprint density at radius 2 is 1.64 bits per heavy atom. The molecule has 0 aliphatic rings. The predicted octanol–water partition coefficient (Wildman–Crippen LogP) is 2.87. The van der Waals surface area contributed by atoms with Crippen molar-refractivity contribution in [2.45, 2.75) is 32.9 Å². The van der Waals surface area contributed by atoms with E-state index in [2.05, 4.69) is 5.32 Å². The molecule has 2 aromatic carbocycles. The zero-order chi connectivity index (χ0) is 20.7. The van der Waals surface area contributed by atoms with Crippen LogP contribution in [-0.4, -0.2) is 53.4 Å². The highest BCUT2D eigenvalue weighted by molar-refractivity contribution is 5.95. The maximum atomic E-state index is 12.7. The number of benzene rings is 2. The van der Waals surface area contributed by atoms with Crippen molar-refractivity contribution in [2.75, 3.05) is 26.0 Å². The van der Waals surface area contributed by atoms with Gasteiger partial charge in [-0.3, -0.25) is 14.5 Å². The highest BCUT2D eigenvalue weighted by Gasteiger charge is 2.23. The highest BCUT2D eigenvalue weighted by Crippen LogP contribution is 2.19. The third-order valence-corrected chi connectivity index (χ3v) is 4.86. The van der Waals surface area contributed by atoms with Crippen LogP contribution in [0.1, 0.15) is 25.0 Å². The molecule has 0 aliphatic carbocycles. The summed E-state index contributed by atoms with van der Waals surface area (Å²) in [5.41, 5.74) is 2.59. The van der Waals surface area contributed by atoms with E-state index in [0.717, 1.165) is 23.2 Å². The van der Waals surface area contributed by atoms with Gasteiger partial charge in [0.25, 0.3) is 0 Å². The maximum absolute atomic E-state index is 12.7. The summed E-state index contributed by atoms with van der Waals surface area (Å²) in [5, 5.41) is 12.8. The van der Waals surface area contributed by atoms with Gasteiger partial charge in [-0.2, -0.15) is 0 Å². The lowest BCUT2D eigenvalue weighted by Gasteiger charge is -2.28. The fourth-order valence-electron chi connectivity index (χ4n) is 2.99. The Morgan fingerprint density at radius 3 is 2.29 bits per heavy atom. The third kappa shape index (κ3) is 5.57. The number of carbonyl (C=O) groups is 2. The Labute approximate surface area is 166 Å². The second-order valence-electron chi connectivity index (χ2n) is 6.97. The Kier molecular flexibility index (Phi) is 7.58. The summed E-state index contributed by atoms with van der Waals surface area (Å²) in [6.07, 6.45) is 0.819. The van der Waals surface area contributed by atoms with Crippen molar-refractivity contribution in [1.29, 1.82) is 0 Å². The lowest BCUT2D eigenvalue weighted by molar-refractivity contribution is -0.137. The standard InChI is InChI=1S/C22H29N3O3/c1-5-17-10-6-8-12-19(17)23-21(27)15-25(4)22(28)16(2)24(3)14-18-11-7-9-13-20(18)26/h6-13,16,26H,5,14-15H2,1-4H3,(H,23,27). The van der Waals surface area contributed by atoms with Crippen LogP contribution in [0.3, 0.4) is 0 Å². The number of phenols is 1. The molecule has 0 aliphatic heterocycles. The van der Waals surface area contributed by atoms with Gasteiger partial charge in [0.2, 0.25) is 11.8 Å². The normalized spacial score (nSPS) is 11.9. The van der Waals surface area contributed by atoms with Crippen LogP contribution in [0.4, 0.5) is 5.69 Å². The number of hydrogen-bond donors (Lipinski definition) is 2. The topological polar surface area (TPSA) is 72.9 Å². The Hall–Kier alpha value is -2.86.